The number of amides is 2. The van der Waals surface area contributed by atoms with Crippen LogP contribution >= 0.6 is 0 Å². The summed E-state index contributed by atoms with van der Waals surface area (Å²) >= 11 is 0. The molecule has 0 unspecified atom stereocenters. The lowest BCUT2D eigenvalue weighted by Gasteiger charge is -2.07. The first-order valence-electron chi connectivity index (χ1n) is 6.84. The van der Waals surface area contributed by atoms with Crippen LogP contribution in [0.5, 0.6) is 0 Å². The maximum atomic E-state index is 11.8. The van der Waals surface area contributed by atoms with Crippen molar-refractivity contribution in [2.45, 2.75) is 12.8 Å². The van der Waals surface area contributed by atoms with Crippen LogP contribution in [-0.2, 0) is 9.59 Å². The molecule has 7 N–H and O–H groups in total. The predicted octanol–water partition coefficient (Wildman–Crippen LogP) is -0.507. The van der Waals surface area contributed by atoms with Crippen molar-refractivity contribution >= 4 is 29.4 Å². The number of aliphatic carboxylic acids is 1. The van der Waals surface area contributed by atoms with Crippen molar-refractivity contribution in [1.29, 1.82) is 0 Å². The number of benzene rings is 1. The van der Waals surface area contributed by atoms with Gasteiger partial charge in [-0.05, 0) is 18.2 Å². The Hall–Kier alpha value is -3.10. The Kier molecular flexibility index (Phi) is 7.05. The molecule has 1 aromatic rings. The Labute approximate surface area is 132 Å². The number of anilines is 1. The summed E-state index contributed by atoms with van der Waals surface area (Å²) in [5, 5.41) is 13.6. The first kappa shape index (κ1) is 18.0. The van der Waals surface area contributed by atoms with Gasteiger partial charge in [0.25, 0.3) is 5.91 Å². The predicted molar refractivity (Wildman–Crippen MR) is 85.0 cm³/mol. The van der Waals surface area contributed by atoms with Gasteiger partial charge in [0.05, 0.1) is 13.0 Å². The van der Waals surface area contributed by atoms with E-state index in [1.807, 2.05) is 0 Å². The van der Waals surface area contributed by atoms with Crippen LogP contribution in [0.15, 0.2) is 29.3 Å². The van der Waals surface area contributed by atoms with Crippen LogP contribution in [0.3, 0.4) is 0 Å². The summed E-state index contributed by atoms with van der Waals surface area (Å²) in [6, 6.07) is 6.30. The highest BCUT2D eigenvalue weighted by Gasteiger charge is 2.08. The van der Waals surface area contributed by atoms with Gasteiger partial charge in [0.2, 0.25) is 5.91 Å². The van der Waals surface area contributed by atoms with Crippen LogP contribution in [0.1, 0.15) is 23.2 Å². The monoisotopic (exact) mass is 321 g/mol. The second kappa shape index (κ2) is 9.03. The van der Waals surface area contributed by atoms with Gasteiger partial charge < -0.3 is 27.2 Å². The van der Waals surface area contributed by atoms with Gasteiger partial charge in [-0.15, -0.1) is 0 Å². The first-order chi connectivity index (χ1) is 10.9. The highest BCUT2D eigenvalue weighted by Crippen LogP contribution is 2.11. The molecule has 0 aliphatic rings. The number of carboxylic acids is 1. The van der Waals surface area contributed by atoms with Crippen molar-refractivity contribution in [2.75, 3.05) is 18.4 Å². The largest absolute Gasteiger partial charge is 0.481 e. The zero-order chi connectivity index (χ0) is 17.2. The number of hydrogen-bond acceptors (Lipinski definition) is 4. The summed E-state index contributed by atoms with van der Waals surface area (Å²) in [4.78, 5) is 37.6. The number of carboxylic acid groups (broad SMARTS) is 1. The summed E-state index contributed by atoms with van der Waals surface area (Å²) in [5.74, 6) is -1.79. The maximum absolute atomic E-state index is 11.8. The van der Waals surface area contributed by atoms with Gasteiger partial charge in [-0.2, -0.15) is 0 Å². The molecule has 0 aliphatic carbocycles. The number of carbonyl (C=O) groups excluding carboxylic acids is 2. The molecular weight excluding hydrogens is 302 g/mol. The highest BCUT2D eigenvalue weighted by molar-refractivity contribution is 5.97. The Morgan fingerprint density at radius 2 is 1.91 bits per heavy atom. The van der Waals surface area contributed by atoms with Gasteiger partial charge in [0.1, 0.15) is 0 Å². The number of nitrogens with zero attached hydrogens (tertiary/aromatic N) is 1. The fraction of sp³-hybridized carbons (Fsp3) is 0.286. The molecule has 0 radical (unpaired) electrons. The molecule has 23 heavy (non-hydrogen) atoms. The summed E-state index contributed by atoms with van der Waals surface area (Å²) in [5.41, 5.74) is 11.1. The molecule has 0 atom stereocenters. The average molecular weight is 321 g/mol. The number of nitrogens with one attached hydrogen (secondary N) is 2. The molecule has 9 nitrogen and oxygen atoms in total. The molecule has 2 amide bonds. The molecule has 1 aromatic carbocycles. The molecular formula is C14H19N5O4. The summed E-state index contributed by atoms with van der Waals surface area (Å²) in [6.07, 6.45) is -0.0557. The van der Waals surface area contributed by atoms with Gasteiger partial charge in [0.15, 0.2) is 5.96 Å². The molecule has 0 heterocycles. The summed E-state index contributed by atoms with van der Waals surface area (Å²) in [7, 11) is 0. The van der Waals surface area contributed by atoms with E-state index in [0.29, 0.717) is 11.3 Å². The van der Waals surface area contributed by atoms with E-state index in [2.05, 4.69) is 15.6 Å². The number of hydrogen-bond donors (Lipinski definition) is 5. The van der Waals surface area contributed by atoms with Crippen LogP contribution in [0.25, 0.3) is 0 Å². The Bertz CT molecular complexity index is 611. The van der Waals surface area contributed by atoms with Crippen LogP contribution in [-0.4, -0.2) is 41.9 Å². The normalized spacial score (nSPS) is 9.74. The van der Waals surface area contributed by atoms with Crippen LogP contribution in [0, 0.1) is 0 Å². The molecule has 0 spiro atoms. The highest BCUT2D eigenvalue weighted by atomic mass is 16.4. The van der Waals surface area contributed by atoms with Crippen LogP contribution in [0.2, 0.25) is 0 Å². The van der Waals surface area contributed by atoms with Gasteiger partial charge >= 0.3 is 5.97 Å². The van der Waals surface area contributed by atoms with E-state index in [4.69, 9.17) is 16.6 Å². The SMILES string of the molecule is NC(N)=NCCC(=O)Nc1cccc(C(=O)NCCC(=O)O)c1. The van der Waals surface area contributed by atoms with E-state index < -0.39 is 11.9 Å². The fourth-order valence-corrected chi connectivity index (χ4v) is 1.63. The molecule has 124 valence electrons. The summed E-state index contributed by atoms with van der Waals surface area (Å²) in [6.45, 7) is 0.201. The minimum absolute atomic E-state index is 0.0310. The average Bonchev–Trinajstić information content (AvgIpc) is 2.46. The Morgan fingerprint density at radius 1 is 1.17 bits per heavy atom. The smallest absolute Gasteiger partial charge is 0.305 e. The lowest BCUT2D eigenvalue weighted by Crippen LogP contribution is -2.26. The zero-order valence-electron chi connectivity index (χ0n) is 12.4. The lowest BCUT2D eigenvalue weighted by atomic mass is 10.2. The van der Waals surface area contributed by atoms with Gasteiger partial charge in [-0.3, -0.25) is 19.4 Å². The number of aliphatic imine (C=N–C) groups is 1. The van der Waals surface area contributed by atoms with Gasteiger partial charge in [-0.25, -0.2) is 0 Å². The number of carbonyl (C=O) groups is 3. The van der Waals surface area contributed by atoms with E-state index in [1.54, 1.807) is 18.2 Å². The third-order valence-electron chi connectivity index (χ3n) is 2.67. The van der Waals surface area contributed by atoms with E-state index in [9.17, 15) is 14.4 Å². The molecule has 9 heteroatoms. The van der Waals surface area contributed by atoms with Crippen LogP contribution in [0.4, 0.5) is 5.69 Å². The van der Waals surface area contributed by atoms with E-state index >= 15 is 0 Å². The van der Waals surface area contributed by atoms with Gasteiger partial charge in [0, 0.05) is 24.2 Å². The minimum atomic E-state index is -0.993. The van der Waals surface area contributed by atoms with Crippen LogP contribution < -0.4 is 22.1 Å². The maximum Gasteiger partial charge on any atom is 0.305 e. The third kappa shape index (κ3) is 7.46. The lowest BCUT2D eigenvalue weighted by molar-refractivity contribution is -0.136. The van der Waals surface area contributed by atoms with E-state index in [0.717, 1.165) is 0 Å². The number of nitrogens with two attached hydrogens (primary N) is 2. The molecule has 0 saturated carbocycles. The second-order valence-corrected chi connectivity index (χ2v) is 4.59. The molecule has 0 fully saturated rings. The van der Waals surface area contributed by atoms with Crippen molar-refractivity contribution in [2.24, 2.45) is 16.5 Å². The topological polar surface area (TPSA) is 160 Å². The van der Waals surface area contributed by atoms with Crippen molar-refractivity contribution in [3.8, 4) is 0 Å². The number of rotatable bonds is 8. The summed E-state index contributed by atoms with van der Waals surface area (Å²) < 4.78 is 0. The van der Waals surface area contributed by atoms with E-state index in [-0.39, 0.29) is 37.8 Å². The standard InChI is InChI=1S/C14H19N5O4/c15-14(16)18-6-4-11(20)19-10-3-1-2-9(8-10)13(23)17-7-5-12(21)22/h1-3,8H,4-7H2,(H,17,23)(H,19,20)(H,21,22)(H4,15,16,18). The third-order valence-corrected chi connectivity index (χ3v) is 2.67. The molecule has 0 bridgehead atoms. The van der Waals surface area contributed by atoms with Crippen molar-refractivity contribution in [1.82, 2.24) is 5.32 Å². The molecule has 0 aliphatic heterocycles. The quantitative estimate of drug-likeness (QED) is 0.320. The molecule has 0 saturated heterocycles. The zero-order valence-corrected chi connectivity index (χ0v) is 12.4. The van der Waals surface area contributed by atoms with Gasteiger partial charge in [-0.1, -0.05) is 6.07 Å². The number of guanidine groups is 1. The first-order valence-corrected chi connectivity index (χ1v) is 6.84. The minimum Gasteiger partial charge on any atom is -0.481 e. The fourth-order valence-electron chi connectivity index (χ4n) is 1.63. The molecule has 0 aromatic heterocycles. The molecule has 1 rings (SSSR count). The Balaban J connectivity index is 2.55. The second-order valence-electron chi connectivity index (χ2n) is 4.59. The van der Waals surface area contributed by atoms with E-state index in [1.165, 1.54) is 6.07 Å². The van der Waals surface area contributed by atoms with Crippen molar-refractivity contribution < 1.29 is 19.5 Å². The van der Waals surface area contributed by atoms with Crippen molar-refractivity contribution in [3.63, 3.8) is 0 Å². The van der Waals surface area contributed by atoms with Crippen molar-refractivity contribution in [3.05, 3.63) is 29.8 Å². The Morgan fingerprint density at radius 3 is 2.57 bits per heavy atom.